The molecule has 0 radical (unpaired) electrons. The van der Waals surface area contributed by atoms with Crippen LogP contribution in [0.25, 0.3) is 0 Å². The first-order chi connectivity index (χ1) is 12.8. The van der Waals surface area contributed by atoms with Crippen LogP contribution in [0.1, 0.15) is 11.1 Å². The van der Waals surface area contributed by atoms with Gasteiger partial charge in [0.25, 0.3) is 0 Å². The molecular weight excluding hydrogens is 378 g/mol. The Hall–Kier alpha value is -3.33. The molecule has 0 aliphatic heterocycles. The van der Waals surface area contributed by atoms with Crippen LogP contribution < -0.4 is 14.9 Å². The lowest BCUT2D eigenvalue weighted by Gasteiger charge is -2.09. The van der Waals surface area contributed by atoms with E-state index in [2.05, 4.69) is 10.5 Å². The number of phenolic OH excluding ortho intramolecular Hbond substituents is 1. The zero-order valence-electron chi connectivity index (χ0n) is 14.4. The van der Waals surface area contributed by atoms with Crippen LogP contribution in [-0.4, -0.2) is 36.4 Å². The average molecular weight is 394 g/mol. The maximum absolute atomic E-state index is 12.0. The first-order valence-corrected chi connectivity index (χ1v) is 7.93. The van der Waals surface area contributed by atoms with Crippen LogP contribution in [0.5, 0.6) is 17.2 Å². The molecule has 0 aromatic heterocycles. The van der Waals surface area contributed by atoms with Gasteiger partial charge in [-0.3, -0.25) is 14.9 Å². The summed E-state index contributed by atoms with van der Waals surface area (Å²) in [6, 6.07) is 7.34. The zero-order chi connectivity index (χ0) is 20.0. The van der Waals surface area contributed by atoms with Gasteiger partial charge in [0.2, 0.25) is 11.7 Å². The average Bonchev–Trinajstić information content (AvgIpc) is 2.63. The smallest absolute Gasteiger partial charge is 0.312 e. The number of nitrogens with one attached hydrogen (secondary N) is 1. The van der Waals surface area contributed by atoms with Crippen molar-refractivity contribution < 1.29 is 24.3 Å². The number of methoxy groups -OCH3 is 2. The summed E-state index contributed by atoms with van der Waals surface area (Å²) < 4.78 is 10.3. The van der Waals surface area contributed by atoms with E-state index in [0.717, 1.165) is 12.3 Å². The molecular formula is C17H16ClN3O6. The Bertz CT molecular complexity index is 900. The Morgan fingerprint density at radius 3 is 2.63 bits per heavy atom. The molecule has 1 amide bonds. The van der Waals surface area contributed by atoms with Gasteiger partial charge in [0.05, 0.1) is 31.8 Å². The monoisotopic (exact) mass is 393 g/mol. The number of nitro groups is 1. The molecule has 0 saturated heterocycles. The third-order valence-electron chi connectivity index (χ3n) is 3.49. The van der Waals surface area contributed by atoms with Crippen molar-refractivity contribution in [1.29, 1.82) is 0 Å². The number of benzene rings is 2. The van der Waals surface area contributed by atoms with E-state index >= 15 is 0 Å². The Morgan fingerprint density at radius 2 is 2.00 bits per heavy atom. The molecule has 27 heavy (non-hydrogen) atoms. The van der Waals surface area contributed by atoms with E-state index in [1.54, 1.807) is 18.2 Å². The molecule has 10 heteroatoms. The van der Waals surface area contributed by atoms with Crippen LogP contribution in [0.2, 0.25) is 5.02 Å². The van der Waals surface area contributed by atoms with Gasteiger partial charge in [0.15, 0.2) is 11.5 Å². The minimum atomic E-state index is -0.770. The highest BCUT2D eigenvalue weighted by atomic mass is 35.5. The number of carbonyl (C=O) groups excluding carboxylic acids is 1. The van der Waals surface area contributed by atoms with Crippen molar-refractivity contribution >= 4 is 29.4 Å². The lowest BCUT2D eigenvalue weighted by molar-refractivity contribution is -0.385. The molecule has 0 unspecified atom stereocenters. The number of hydrazone groups is 1. The maximum atomic E-state index is 12.0. The third kappa shape index (κ3) is 5.08. The van der Waals surface area contributed by atoms with Crippen molar-refractivity contribution in [3.8, 4) is 17.2 Å². The molecule has 2 aromatic rings. The van der Waals surface area contributed by atoms with Gasteiger partial charge in [-0.05, 0) is 23.8 Å². The van der Waals surface area contributed by atoms with E-state index in [0.29, 0.717) is 17.1 Å². The van der Waals surface area contributed by atoms with Crippen molar-refractivity contribution in [2.75, 3.05) is 14.2 Å². The number of aromatic hydroxyl groups is 1. The van der Waals surface area contributed by atoms with Crippen molar-refractivity contribution in [3.63, 3.8) is 0 Å². The minimum absolute atomic E-state index is 0.000571. The Labute approximate surface area is 159 Å². The van der Waals surface area contributed by atoms with E-state index in [9.17, 15) is 20.0 Å². The van der Waals surface area contributed by atoms with E-state index in [-0.39, 0.29) is 17.0 Å². The van der Waals surface area contributed by atoms with Crippen LogP contribution >= 0.6 is 11.6 Å². The number of halogens is 1. The van der Waals surface area contributed by atoms with Gasteiger partial charge >= 0.3 is 5.69 Å². The minimum Gasteiger partial charge on any atom is -0.502 e. The molecule has 2 N–H and O–H groups in total. The number of rotatable bonds is 7. The quantitative estimate of drug-likeness (QED) is 0.423. The standard InChI is InChI=1S/C17H16ClN3O6/c1-26-14-4-3-10(5-15(14)27-2)6-16(22)20-19-9-11-7-12(18)8-13(17(11)23)21(24)25/h3-5,7-9,23H,6H2,1-2H3,(H,20,22)/b19-9-. The number of carbonyl (C=O) groups is 1. The first-order valence-electron chi connectivity index (χ1n) is 7.55. The highest BCUT2D eigenvalue weighted by Crippen LogP contribution is 2.32. The molecule has 0 aliphatic carbocycles. The van der Waals surface area contributed by atoms with Gasteiger partial charge in [0, 0.05) is 16.7 Å². The second-order valence-electron chi connectivity index (χ2n) is 5.28. The fourth-order valence-corrected chi connectivity index (χ4v) is 2.45. The summed E-state index contributed by atoms with van der Waals surface area (Å²) in [5.74, 6) is -0.00283. The molecule has 0 aliphatic rings. The fraction of sp³-hybridized carbons (Fsp3) is 0.176. The van der Waals surface area contributed by atoms with Crippen molar-refractivity contribution in [2.24, 2.45) is 5.10 Å². The summed E-state index contributed by atoms with van der Waals surface area (Å²) in [5, 5.41) is 24.5. The number of nitrogens with zero attached hydrogens (tertiary/aromatic N) is 2. The highest BCUT2D eigenvalue weighted by molar-refractivity contribution is 6.31. The van der Waals surface area contributed by atoms with E-state index in [1.165, 1.54) is 20.3 Å². The summed E-state index contributed by atoms with van der Waals surface area (Å²) >= 11 is 5.78. The lowest BCUT2D eigenvalue weighted by atomic mass is 10.1. The summed E-state index contributed by atoms with van der Waals surface area (Å²) in [4.78, 5) is 22.1. The number of phenols is 1. The summed E-state index contributed by atoms with van der Waals surface area (Å²) in [6.45, 7) is 0. The summed E-state index contributed by atoms with van der Waals surface area (Å²) in [7, 11) is 3.00. The van der Waals surface area contributed by atoms with Gasteiger partial charge in [-0.2, -0.15) is 5.10 Å². The summed E-state index contributed by atoms with van der Waals surface area (Å²) in [5.41, 5.74) is 2.39. The SMILES string of the molecule is COc1ccc(CC(=O)N/N=C\c2cc(Cl)cc([N+](=O)[O-])c2O)cc1OC. The van der Waals surface area contributed by atoms with Gasteiger partial charge < -0.3 is 14.6 Å². The largest absolute Gasteiger partial charge is 0.502 e. The maximum Gasteiger partial charge on any atom is 0.312 e. The number of hydrogen-bond donors (Lipinski definition) is 2. The normalized spacial score (nSPS) is 10.6. The van der Waals surface area contributed by atoms with Gasteiger partial charge in [-0.15, -0.1) is 0 Å². The number of nitro benzene ring substituents is 1. The van der Waals surface area contributed by atoms with E-state index in [4.69, 9.17) is 21.1 Å². The predicted octanol–water partition coefficient (Wildman–Crippen LogP) is 2.66. The molecule has 0 fully saturated rings. The van der Waals surface area contributed by atoms with Gasteiger partial charge in [-0.1, -0.05) is 17.7 Å². The lowest BCUT2D eigenvalue weighted by Crippen LogP contribution is -2.19. The van der Waals surface area contributed by atoms with Crippen LogP contribution in [0.4, 0.5) is 5.69 Å². The molecule has 9 nitrogen and oxygen atoms in total. The molecule has 0 atom stereocenters. The third-order valence-corrected chi connectivity index (χ3v) is 3.70. The number of hydrogen-bond acceptors (Lipinski definition) is 7. The molecule has 0 bridgehead atoms. The topological polar surface area (TPSA) is 123 Å². The molecule has 2 rings (SSSR count). The summed E-state index contributed by atoms with van der Waals surface area (Å²) in [6.07, 6.45) is 1.08. The highest BCUT2D eigenvalue weighted by Gasteiger charge is 2.17. The number of amides is 1. The molecule has 0 heterocycles. The molecule has 142 valence electrons. The van der Waals surface area contributed by atoms with Crippen LogP contribution in [0.15, 0.2) is 35.4 Å². The Balaban J connectivity index is 2.07. The first kappa shape index (κ1) is 20.0. The Morgan fingerprint density at radius 1 is 1.30 bits per heavy atom. The molecule has 0 spiro atoms. The van der Waals surface area contributed by atoms with Crippen molar-refractivity contribution in [3.05, 3.63) is 56.6 Å². The number of ether oxygens (including phenoxy) is 2. The van der Waals surface area contributed by atoms with Crippen molar-refractivity contribution in [1.82, 2.24) is 5.43 Å². The second-order valence-corrected chi connectivity index (χ2v) is 5.72. The van der Waals surface area contributed by atoms with Crippen LogP contribution in [0.3, 0.4) is 0 Å². The van der Waals surface area contributed by atoms with E-state index < -0.39 is 22.3 Å². The van der Waals surface area contributed by atoms with Gasteiger partial charge in [-0.25, -0.2) is 5.43 Å². The van der Waals surface area contributed by atoms with Crippen molar-refractivity contribution in [2.45, 2.75) is 6.42 Å². The molecule has 2 aromatic carbocycles. The molecule has 0 saturated carbocycles. The fourth-order valence-electron chi connectivity index (χ4n) is 2.23. The van der Waals surface area contributed by atoms with E-state index in [1.807, 2.05) is 0 Å². The van der Waals surface area contributed by atoms with Crippen LogP contribution in [0, 0.1) is 10.1 Å². The predicted molar refractivity (Wildman–Crippen MR) is 98.8 cm³/mol. The Kier molecular flexibility index (Phi) is 6.56. The zero-order valence-corrected chi connectivity index (χ0v) is 15.2. The second kappa shape index (κ2) is 8.86. The van der Waals surface area contributed by atoms with Gasteiger partial charge in [0.1, 0.15) is 0 Å². The van der Waals surface area contributed by atoms with Crippen LogP contribution in [-0.2, 0) is 11.2 Å².